The number of nitrogens with one attached hydrogen (secondary N) is 1. The van der Waals surface area contributed by atoms with Gasteiger partial charge in [-0.25, -0.2) is 4.98 Å². The molecule has 1 aromatic carbocycles. The SMILES string of the molecule is CN(CCCO)C(=O)CCNc1nc2ccccc2s1. The third-order valence-corrected chi connectivity index (χ3v) is 3.98. The first-order valence-electron chi connectivity index (χ1n) is 6.65. The number of benzene rings is 1. The molecule has 1 amide bonds. The number of thiazole rings is 1. The Morgan fingerprint density at radius 3 is 3.00 bits per heavy atom. The Bertz CT molecular complexity index is 537. The van der Waals surface area contributed by atoms with Gasteiger partial charge in [-0.1, -0.05) is 23.5 Å². The van der Waals surface area contributed by atoms with Gasteiger partial charge in [0.25, 0.3) is 0 Å². The molecular weight excluding hydrogens is 274 g/mol. The van der Waals surface area contributed by atoms with Crippen LogP contribution in [0.5, 0.6) is 0 Å². The summed E-state index contributed by atoms with van der Waals surface area (Å²) in [7, 11) is 1.76. The van der Waals surface area contributed by atoms with E-state index in [2.05, 4.69) is 10.3 Å². The van der Waals surface area contributed by atoms with Crippen LogP contribution in [0.3, 0.4) is 0 Å². The number of hydrogen-bond donors (Lipinski definition) is 2. The van der Waals surface area contributed by atoms with Crippen molar-refractivity contribution in [3.63, 3.8) is 0 Å². The molecule has 0 saturated heterocycles. The molecule has 2 rings (SSSR count). The summed E-state index contributed by atoms with van der Waals surface area (Å²) >= 11 is 1.59. The van der Waals surface area contributed by atoms with E-state index in [1.165, 1.54) is 0 Å². The van der Waals surface area contributed by atoms with Crippen molar-refractivity contribution in [2.24, 2.45) is 0 Å². The minimum Gasteiger partial charge on any atom is -0.396 e. The Morgan fingerprint density at radius 1 is 1.45 bits per heavy atom. The zero-order valence-corrected chi connectivity index (χ0v) is 12.3. The molecule has 0 aliphatic rings. The number of para-hydroxylation sites is 1. The molecule has 0 saturated carbocycles. The molecule has 0 atom stereocenters. The molecule has 0 bridgehead atoms. The van der Waals surface area contributed by atoms with E-state index in [9.17, 15) is 4.79 Å². The maximum Gasteiger partial charge on any atom is 0.224 e. The normalized spacial score (nSPS) is 10.7. The van der Waals surface area contributed by atoms with Gasteiger partial charge >= 0.3 is 0 Å². The van der Waals surface area contributed by atoms with Crippen LogP contribution in [-0.2, 0) is 4.79 Å². The fourth-order valence-electron chi connectivity index (χ4n) is 1.85. The van der Waals surface area contributed by atoms with Gasteiger partial charge in [0.2, 0.25) is 5.91 Å². The molecule has 1 heterocycles. The van der Waals surface area contributed by atoms with Crippen molar-refractivity contribution < 1.29 is 9.90 Å². The van der Waals surface area contributed by atoms with Gasteiger partial charge < -0.3 is 15.3 Å². The summed E-state index contributed by atoms with van der Waals surface area (Å²) in [4.78, 5) is 17.9. The van der Waals surface area contributed by atoms with Gasteiger partial charge in [0.15, 0.2) is 5.13 Å². The highest BCUT2D eigenvalue weighted by Gasteiger charge is 2.08. The first-order chi connectivity index (χ1) is 9.70. The largest absolute Gasteiger partial charge is 0.396 e. The Kier molecular flexibility index (Phi) is 5.31. The summed E-state index contributed by atoms with van der Waals surface area (Å²) in [6.07, 6.45) is 1.05. The second kappa shape index (κ2) is 7.21. The van der Waals surface area contributed by atoms with Gasteiger partial charge in [0.05, 0.1) is 10.2 Å². The first kappa shape index (κ1) is 14.7. The number of hydrogen-bond acceptors (Lipinski definition) is 5. The van der Waals surface area contributed by atoms with Crippen LogP contribution in [0.15, 0.2) is 24.3 Å². The van der Waals surface area contributed by atoms with E-state index in [0.717, 1.165) is 15.3 Å². The zero-order valence-electron chi connectivity index (χ0n) is 11.5. The van der Waals surface area contributed by atoms with Crippen LogP contribution in [0.1, 0.15) is 12.8 Å². The molecule has 5 nitrogen and oxygen atoms in total. The van der Waals surface area contributed by atoms with Crippen molar-refractivity contribution in [3.8, 4) is 0 Å². The number of nitrogens with zero attached hydrogens (tertiary/aromatic N) is 2. The van der Waals surface area contributed by atoms with Crippen molar-refractivity contribution in [2.75, 3.05) is 32.1 Å². The van der Waals surface area contributed by atoms with E-state index in [-0.39, 0.29) is 12.5 Å². The lowest BCUT2D eigenvalue weighted by molar-refractivity contribution is -0.129. The maximum atomic E-state index is 11.8. The lowest BCUT2D eigenvalue weighted by atomic mass is 10.3. The summed E-state index contributed by atoms with van der Waals surface area (Å²) < 4.78 is 1.14. The van der Waals surface area contributed by atoms with Crippen molar-refractivity contribution in [2.45, 2.75) is 12.8 Å². The highest BCUT2D eigenvalue weighted by Crippen LogP contribution is 2.25. The van der Waals surface area contributed by atoms with Gasteiger partial charge in [0.1, 0.15) is 0 Å². The topological polar surface area (TPSA) is 65.5 Å². The fraction of sp³-hybridized carbons (Fsp3) is 0.429. The number of anilines is 1. The number of carbonyl (C=O) groups is 1. The highest BCUT2D eigenvalue weighted by atomic mass is 32.1. The van der Waals surface area contributed by atoms with Crippen molar-refractivity contribution >= 4 is 32.6 Å². The molecule has 1 aromatic heterocycles. The van der Waals surface area contributed by atoms with Crippen molar-refractivity contribution in [3.05, 3.63) is 24.3 Å². The number of aliphatic hydroxyl groups is 1. The molecule has 6 heteroatoms. The Hall–Kier alpha value is -1.66. The summed E-state index contributed by atoms with van der Waals surface area (Å²) in [5.41, 5.74) is 0.978. The smallest absolute Gasteiger partial charge is 0.224 e. The fourth-order valence-corrected chi connectivity index (χ4v) is 2.74. The molecule has 2 N–H and O–H groups in total. The molecule has 108 valence electrons. The first-order valence-corrected chi connectivity index (χ1v) is 7.46. The molecule has 0 radical (unpaired) electrons. The monoisotopic (exact) mass is 293 g/mol. The summed E-state index contributed by atoms with van der Waals surface area (Å²) in [6.45, 7) is 1.28. The van der Waals surface area contributed by atoms with E-state index < -0.39 is 0 Å². The number of fused-ring (bicyclic) bond motifs is 1. The van der Waals surface area contributed by atoms with Crippen LogP contribution >= 0.6 is 11.3 Å². The standard InChI is InChI=1S/C14H19N3O2S/c1-17(9-4-10-18)13(19)7-8-15-14-16-11-5-2-3-6-12(11)20-14/h2-3,5-6,18H,4,7-10H2,1H3,(H,15,16). The molecule has 0 spiro atoms. The van der Waals surface area contributed by atoms with E-state index in [1.807, 2.05) is 24.3 Å². The van der Waals surface area contributed by atoms with Gasteiger partial charge in [-0.05, 0) is 18.6 Å². The van der Waals surface area contributed by atoms with Crippen LogP contribution in [-0.4, -0.2) is 47.6 Å². The highest BCUT2D eigenvalue weighted by molar-refractivity contribution is 7.22. The van der Waals surface area contributed by atoms with E-state index in [0.29, 0.717) is 25.9 Å². The number of aliphatic hydroxyl groups excluding tert-OH is 1. The van der Waals surface area contributed by atoms with Gasteiger partial charge in [-0.3, -0.25) is 4.79 Å². The molecular formula is C14H19N3O2S. The second-order valence-electron chi connectivity index (χ2n) is 4.56. The Balaban J connectivity index is 1.79. The van der Waals surface area contributed by atoms with E-state index in [1.54, 1.807) is 23.3 Å². The second-order valence-corrected chi connectivity index (χ2v) is 5.59. The number of aromatic nitrogens is 1. The minimum absolute atomic E-state index is 0.0760. The molecule has 20 heavy (non-hydrogen) atoms. The maximum absolute atomic E-state index is 11.8. The van der Waals surface area contributed by atoms with Crippen LogP contribution in [0.4, 0.5) is 5.13 Å². The van der Waals surface area contributed by atoms with Crippen LogP contribution in [0.2, 0.25) is 0 Å². The Morgan fingerprint density at radius 2 is 2.25 bits per heavy atom. The quantitative estimate of drug-likeness (QED) is 0.819. The molecule has 0 fully saturated rings. The average Bonchev–Trinajstić information content (AvgIpc) is 2.87. The molecule has 0 aliphatic carbocycles. The number of amides is 1. The number of carbonyl (C=O) groups excluding carboxylic acids is 1. The number of rotatable bonds is 7. The van der Waals surface area contributed by atoms with Gasteiger partial charge in [0, 0.05) is 33.2 Å². The predicted octanol–water partition coefficient (Wildman–Crippen LogP) is 1.94. The van der Waals surface area contributed by atoms with Gasteiger partial charge in [-0.2, -0.15) is 0 Å². The summed E-state index contributed by atoms with van der Waals surface area (Å²) in [6, 6.07) is 7.96. The molecule has 0 unspecified atom stereocenters. The summed E-state index contributed by atoms with van der Waals surface area (Å²) in [5.74, 6) is 0.0760. The predicted molar refractivity (Wildman–Crippen MR) is 82.1 cm³/mol. The summed E-state index contributed by atoms with van der Waals surface area (Å²) in [5, 5.41) is 12.8. The molecule has 2 aromatic rings. The van der Waals surface area contributed by atoms with Crippen molar-refractivity contribution in [1.82, 2.24) is 9.88 Å². The third-order valence-electron chi connectivity index (χ3n) is 2.99. The van der Waals surface area contributed by atoms with Crippen molar-refractivity contribution in [1.29, 1.82) is 0 Å². The minimum atomic E-state index is 0.0760. The zero-order chi connectivity index (χ0) is 14.4. The third kappa shape index (κ3) is 3.91. The lowest BCUT2D eigenvalue weighted by Gasteiger charge is -2.16. The van der Waals surface area contributed by atoms with E-state index >= 15 is 0 Å². The Labute approximate surface area is 122 Å². The average molecular weight is 293 g/mol. The van der Waals surface area contributed by atoms with Gasteiger partial charge in [-0.15, -0.1) is 0 Å². The van der Waals surface area contributed by atoms with E-state index in [4.69, 9.17) is 5.11 Å². The van der Waals surface area contributed by atoms with Crippen LogP contribution in [0, 0.1) is 0 Å². The lowest BCUT2D eigenvalue weighted by Crippen LogP contribution is -2.29. The van der Waals surface area contributed by atoms with Crippen LogP contribution < -0.4 is 5.32 Å². The van der Waals surface area contributed by atoms with Crippen LogP contribution in [0.25, 0.3) is 10.2 Å². The molecule has 0 aliphatic heterocycles.